The molecule has 2 aromatic heterocycles. The van der Waals surface area contributed by atoms with Crippen LogP contribution in [0.1, 0.15) is 21.7 Å². The quantitative estimate of drug-likeness (QED) is 0.552. The minimum Gasteiger partial charge on any atom is -0.320 e. The molecule has 6 heteroatoms. The second-order valence-corrected chi connectivity index (χ2v) is 6.72. The summed E-state index contributed by atoms with van der Waals surface area (Å²) in [4.78, 5) is 17.3. The van der Waals surface area contributed by atoms with Gasteiger partial charge < -0.3 is 5.32 Å². The number of carbonyl (C=O) groups excluding carboxylic acids is 1. The number of nitrogens with zero attached hydrogens (tertiary/aromatic N) is 3. The van der Waals surface area contributed by atoms with Gasteiger partial charge in [0, 0.05) is 28.0 Å². The van der Waals surface area contributed by atoms with Crippen LogP contribution in [0.15, 0.2) is 60.7 Å². The van der Waals surface area contributed by atoms with Crippen molar-refractivity contribution in [3.8, 4) is 11.3 Å². The third kappa shape index (κ3) is 3.29. The Balaban J connectivity index is 1.70. The molecule has 0 aliphatic heterocycles. The fourth-order valence-corrected chi connectivity index (χ4v) is 3.10. The molecule has 0 saturated carbocycles. The first-order valence-electron chi connectivity index (χ1n) is 8.52. The van der Waals surface area contributed by atoms with E-state index in [1.54, 1.807) is 22.7 Å². The van der Waals surface area contributed by atoms with Crippen LogP contribution in [0.5, 0.6) is 0 Å². The highest BCUT2D eigenvalue weighted by Gasteiger charge is 2.15. The van der Waals surface area contributed by atoms with Gasteiger partial charge in [0.15, 0.2) is 11.3 Å². The van der Waals surface area contributed by atoms with Gasteiger partial charge in [0.25, 0.3) is 5.91 Å². The molecule has 2 heterocycles. The Morgan fingerprint density at radius 2 is 1.81 bits per heavy atom. The van der Waals surface area contributed by atoms with E-state index in [0.29, 0.717) is 22.1 Å². The predicted molar refractivity (Wildman–Crippen MR) is 107 cm³/mol. The number of nitrogens with one attached hydrogen (secondary N) is 1. The summed E-state index contributed by atoms with van der Waals surface area (Å²) in [5, 5.41) is 7.88. The molecular weight excluding hydrogens is 360 g/mol. The largest absolute Gasteiger partial charge is 0.320 e. The Morgan fingerprint density at radius 1 is 1.04 bits per heavy atom. The Hall–Kier alpha value is -3.18. The lowest BCUT2D eigenvalue weighted by molar-refractivity contribution is 0.102. The zero-order valence-electron chi connectivity index (χ0n) is 14.9. The Labute approximate surface area is 161 Å². The molecule has 5 nitrogen and oxygen atoms in total. The standard InChI is InChI=1S/C21H17ClN4O/c1-13-11-18(15-7-4-3-5-8-15)23-20-12-19(25-26(13)20)21(27)24-17-10-6-9-16(22)14(17)2/h3-12H,1-2H3,(H,24,27). The Kier molecular flexibility index (Phi) is 4.38. The first-order valence-corrected chi connectivity index (χ1v) is 8.90. The van der Waals surface area contributed by atoms with Crippen molar-refractivity contribution in [3.05, 3.63) is 82.6 Å². The number of hydrogen-bond acceptors (Lipinski definition) is 3. The molecular formula is C21H17ClN4O. The molecule has 0 saturated heterocycles. The number of benzene rings is 2. The van der Waals surface area contributed by atoms with Crippen molar-refractivity contribution in [2.24, 2.45) is 0 Å². The molecule has 0 aliphatic carbocycles. The van der Waals surface area contributed by atoms with Crippen LogP contribution < -0.4 is 5.32 Å². The van der Waals surface area contributed by atoms with Gasteiger partial charge in [-0.05, 0) is 37.6 Å². The minimum absolute atomic E-state index is 0.300. The number of hydrogen-bond donors (Lipinski definition) is 1. The topological polar surface area (TPSA) is 59.3 Å². The molecule has 0 aliphatic rings. The third-order valence-electron chi connectivity index (χ3n) is 4.42. The van der Waals surface area contributed by atoms with Crippen molar-refractivity contribution >= 4 is 28.8 Å². The molecule has 4 aromatic rings. The number of anilines is 1. The molecule has 134 valence electrons. The molecule has 1 N–H and O–H groups in total. The molecule has 0 unspecified atom stereocenters. The molecule has 1 amide bonds. The summed E-state index contributed by atoms with van der Waals surface area (Å²) in [5.41, 5.74) is 5.17. The van der Waals surface area contributed by atoms with Gasteiger partial charge >= 0.3 is 0 Å². The van der Waals surface area contributed by atoms with Crippen LogP contribution in [0.25, 0.3) is 16.9 Å². The summed E-state index contributed by atoms with van der Waals surface area (Å²) in [6, 6.07) is 19.0. The molecule has 0 radical (unpaired) electrons. The van der Waals surface area contributed by atoms with Gasteiger partial charge in [-0.1, -0.05) is 48.0 Å². The Morgan fingerprint density at radius 3 is 2.59 bits per heavy atom. The predicted octanol–water partition coefficient (Wildman–Crippen LogP) is 4.92. The van der Waals surface area contributed by atoms with E-state index in [1.807, 2.05) is 56.3 Å². The van der Waals surface area contributed by atoms with Crippen LogP contribution in [0.3, 0.4) is 0 Å². The number of aryl methyl sites for hydroxylation is 1. The highest BCUT2D eigenvalue weighted by atomic mass is 35.5. The maximum Gasteiger partial charge on any atom is 0.276 e. The molecule has 0 spiro atoms. The average molecular weight is 377 g/mol. The monoisotopic (exact) mass is 376 g/mol. The van der Waals surface area contributed by atoms with E-state index in [-0.39, 0.29) is 5.91 Å². The lowest BCUT2D eigenvalue weighted by atomic mass is 10.1. The number of rotatable bonds is 3. The second kappa shape index (κ2) is 6.85. The smallest absolute Gasteiger partial charge is 0.276 e. The van der Waals surface area contributed by atoms with E-state index in [2.05, 4.69) is 15.4 Å². The maximum atomic E-state index is 12.7. The van der Waals surface area contributed by atoms with Gasteiger partial charge in [-0.15, -0.1) is 0 Å². The van der Waals surface area contributed by atoms with Crippen molar-refractivity contribution in [2.45, 2.75) is 13.8 Å². The summed E-state index contributed by atoms with van der Waals surface area (Å²) in [6.07, 6.45) is 0. The molecule has 0 bridgehead atoms. The average Bonchev–Trinajstić information content (AvgIpc) is 3.11. The third-order valence-corrected chi connectivity index (χ3v) is 4.83. The van der Waals surface area contributed by atoms with Crippen molar-refractivity contribution in [1.29, 1.82) is 0 Å². The molecule has 0 fully saturated rings. The summed E-state index contributed by atoms with van der Waals surface area (Å²) in [5.74, 6) is -0.300. The number of halogens is 1. The number of aromatic nitrogens is 3. The van der Waals surface area contributed by atoms with E-state index in [9.17, 15) is 4.79 Å². The minimum atomic E-state index is -0.300. The van der Waals surface area contributed by atoms with Gasteiger partial charge in [0.1, 0.15) is 0 Å². The van der Waals surface area contributed by atoms with Gasteiger partial charge in [-0.2, -0.15) is 5.10 Å². The number of amides is 1. The molecule has 27 heavy (non-hydrogen) atoms. The van der Waals surface area contributed by atoms with E-state index >= 15 is 0 Å². The lowest BCUT2D eigenvalue weighted by Gasteiger charge is -2.07. The zero-order valence-corrected chi connectivity index (χ0v) is 15.7. The molecule has 0 atom stereocenters. The fourth-order valence-electron chi connectivity index (χ4n) is 2.92. The van der Waals surface area contributed by atoms with Crippen LogP contribution >= 0.6 is 11.6 Å². The zero-order chi connectivity index (χ0) is 19.0. The van der Waals surface area contributed by atoms with Crippen LogP contribution in [-0.4, -0.2) is 20.5 Å². The van der Waals surface area contributed by atoms with Gasteiger partial charge in [0.2, 0.25) is 0 Å². The summed E-state index contributed by atoms with van der Waals surface area (Å²) in [7, 11) is 0. The van der Waals surface area contributed by atoms with Crippen molar-refractivity contribution < 1.29 is 4.79 Å². The van der Waals surface area contributed by atoms with E-state index in [0.717, 1.165) is 22.5 Å². The molecule has 2 aromatic carbocycles. The highest BCUT2D eigenvalue weighted by molar-refractivity contribution is 6.31. The van der Waals surface area contributed by atoms with Crippen LogP contribution in [0.4, 0.5) is 5.69 Å². The van der Waals surface area contributed by atoms with Gasteiger partial charge in [0.05, 0.1) is 5.69 Å². The van der Waals surface area contributed by atoms with Crippen molar-refractivity contribution in [3.63, 3.8) is 0 Å². The van der Waals surface area contributed by atoms with E-state index in [4.69, 9.17) is 11.6 Å². The number of fused-ring (bicyclic) bond motifs is 1. The first kappa shape index (κ1) is 17.2. The SMILES string of the molecule is Cc1c(Cl)cccc1NC(=O)c1cc2nc(-c3ccccc3)cc(C)n2n1. The van der Waals surface area contributed by atoms with Crippen LogP contribution in [-0.2, 0) is 0 Å². The van der Waals surface area contributed by atoms with Crippen LogP contribution in [0.2, 0.25) is 5.02 Å². The van der Waals surface area contributed by atoms with E-state index in [1.165, 1.54) is 0 Å². The Bertz CT molecular complexity index is 1150. The lowest BCUT2D eigenvalue weighted by Crippen LogP contribution is -2.13. The van der Waals surface area contributed by atoms with E-state index < -0.39 is 0 Å². The summed E-state index contributed by atoms with van der Waals surface area (Å²) < 4.78 is 1.67. The normalized spacial score (nSPS) is 10.9. The second-order valence-electron chi connectivity index (χ2n) is 6.31. The number of carbonyl (C=O) groups is 1. The van der Waals surface area contributed by atoms with Crippen molar-refractivity contribution in [1.82, 2.24) is 14.6 Å². The first-order chi connectivity index (χ1) is 13.0. The highest BCUT2D eigenvalue weighted by Crippen LogP contribution is 2.24. The summed E-state index contributed by atoms with van der Waals surface area (Å²) in [6.45, 7) is 3.80. The fraction of sp³-hybridized carbons (Fsp3) is 0.0952. The summed E-state index contributed by atoms with van der Waals surface area (Å²) >= 11 is 6.12. The maximum absolute atomic E-state index is 12.7. The van der Waals surface area contributed by atoms with Crippen LogP contribution in [0, 0.1) is 13.8 Å². The van der Waals surface area contributed by atoms with Crippen molar-refractivity contribution in [2.75, 3.05) is 5.32 Å². The van der Waals surface area contributed by atoms with Gasteiger partial charge in [-0.25, -0.2) is 9.50 Å². The molecule has 4 rings (SSSR count). The van der Waals surface area contributed by atoms with Gasteiger partial charge in [-0.3, -0.25) is 4.79 Å².